The molecule has 0 spiro atoms. The zero-order valence-corrected chi connectivity index (χ0v) is 11.6. The third-order valence-electron chi connectivity index (χ3n) is 3.05. The van der Waals surface area contributed by atoms with Crippen molar-refractivity contribution in [2.24, 2.45) is 0 Å². The first-order chi connectivity index (χ1) is 9.86. The van der Waals surface area contributed by atoms with Crippen molar-refractivity contribution in [3.8, 4) is 0 Å². The summed E-state index contributed by atoms with van der Waals surface area (Å²) in [4.78, 5) is 9.14. The number of hydrogen-bond acceptors (Lipinski definition) is 6. The summed E-state index contributed by atoms with van der Waals surface area (Å²) < 4.78 is 44.6. The molecule has 116 valence electrons. The van der Waals surface area contributed by atoms with E-state index < -0.39 is 37.5 Å². The van der Waals surface area contributed by atoms with Gasteiger partial charge in [-0.25, -0.2) is 12.8 Å². The number of rotatable bonds is 4. The van der Waals surface area contributed by atoms with Gasteiger partial charge >= 0.3 is 0 Å². The number of nitro groups is 1. The number of nitro benzene ring substituents is 1. The van der Waals surface area contributed by atoms with Crippen LogP contribution in [0.2, 0.25) is 0 Å². The molecule has 8 nitrogen and oxygen atoms in total. The van der Waals surface area contributed by atoms with Gasteiger partial charge in [-0.3, -0.25) is 10.1 Å². The summed E-state index contributed by atoms with van der Waals surface area (Å²) in [7, 11) is -4.23. The Balaban J connectivity index is 2.39. The second-order valence-corrected chi connectivity index (χ2v) is 6.32. The van der Waals surface area contributed by atoms with Gasteiger partial charge in [0.1, 0.15) is 10.7 Å². The summed E-state index contributed by atoms with van der Waals surface area (Å²) in [6, 6.07) is 2.33. The molecule has 21 heavy (non-hydrogen) atoms. The first-order valence-electron chi connectivity index (χ1n) is 6.03. The number of nitrogens with zero attached hydrogens (tertiary/aromatic N) is 2. The highest BCUT2D eigenvalue weighted by Gasteiger charge is 2.33. The van der Waals surface area contributed by atoms with E-state index in [0.717, 1.165) is 16.4 Å². The predicted molar refractivity (Wildman–Crippen MR) is 68.6 cm³/mol. The third-order valence-corrected chi connectivity index (χ3v) is 4.93. The van der Waals surface area contributed by atoms with E-state index in [1.807, 2.05) is 0 Å². The molecule has 1 fully saturated rings. The van der Waals surface area contributed by atoms with E-state index in [0.29, 0.717) is 6.07 Å². The summed E-state index contributed by atoms with van der Waals surface area (Å²) in [6.07, 6.45) is -0.699. The topological polar surface area (TPSA) is 110 Å². The average Bonchev–Trinajstić information content (AvgIpc) is 2.47. The molecule has 1 unspecified atom stereocenters. The highest BCUT2D eigenvalue weighted by Crippen LogP contribution is 2.25. The lowest BCUT2D eigenvalue weighted by molar-refractivity contribution is -0.385. The smallest absolute Gasteiger partial charge is 0.270 e. The van der Waals surface area contributed by atoms with Gasteiger partial charge in [0.05, 0.1) is 24.2 Å². The number of benzene rings is 1. The zero-order valence-electron chi connectivity index (χ0n) is 10.8. The standard InChI is InChI=1S/C11H13FN2O6S/c12-10-2-1-8(14(16)17)5-11(10)21(18,19)13-3-4-20-9(6-13)7-15/h1-2,5,9,15H,3-4,6-7H2. The molecule has 0 saturated carbocycles. The third kappa shape index (κ3) is 3.18. The Morgan fingerprint density at radius 3 is 2.86 bits per heavy atom. The molecule has 0 bridgehead atoms. The van der Waals surface area contributed by atoms with E-state index >= 15 is 0 Å². The van der Waals surface area contributed by atoms with Gasteiger partial charge in [0.25, 0.3) is 5.69 Å². The number of sulfonamides is 1. The van der Waals surface area contributed by atoms with Gasteiger partial charge in [0, 0.05) is 25.2 Å². The number of halogens is 1. The number of morpholine rings is 1. The maximum Gasteiger partial charge on any atom is 0.270 e. The molecule has 1 aliphatic rings. The lowest BCUT2D eigenvalue weighted by atomic mass is 10.3. The fourth-order valence-corrected chi connectivity index (χ4v) is 3.50. The Bertz CT molecular complexity index is 650. The molecular formula is C11H13FN2O6S. The highest BCUT2D eigenvalue weighted by atomic mass is 32.2. The lowest BCUT2D eigenvalue weighted by Crippen LogP contribution is -2.46. The first kappa shape index (κ1) is 15.8. The molecule has 0 aliphatic carbocycles. The van der Waals surface area contributed by atoms with Gasteiger partial charge in [-0.1, -0.05) is 0 Å². The zero-order chi connectivity index (χ0) is 15.6. The second-order valence-electron chi connectivity index (χ2n) is 4.41. The van der Waals surface area contributed by atoms with Crippen LogP contribution in [0.25, 0.3) is 0 Å². The van der Waals surface area contributed by atoms with Crippen molar-refractivity contribution in [2.45, 2.75) is 11.0 Å². The van der Waals surface area contributed by atoms with E-state index in [9.17, 15) is 22.9 Å². The minimum atomic E-state index is -4.23. The monoisotopic (exact) mass is 320 g/mol. The number of hydrogen-bond donors (Lipinski definition) is 1. The molecule has 1 N–H and O–H groups in total. The Morgan fingerprint density at radius 1 is 1.52 bits per heavy atom. The molecule has 1 aliphatic heterocycles. The molecule has 2 rings (SSSR count). The maximum absolute atomic E-state index is 13.8. The van der Waals surface area contributed by atoms with E-state index in [-0.39, 0.29) is 26.3 Å². The highest BCUT2D eigenvalue weighted by molar-refractivity contribution is 7.89. The lowest BCUT2D eigenvalue weighted by Gasteiger charge is -2.31. The Hall–Kier alpha value is -1.62. The largest absolute Gasteiger partial charge is 0.394 e. The molecule has 10 heteroatoms. The molecule has 1 aromatic carbocycles. The van der Waals surface area contributed by atoms with Crippen LogP contribution >= 0.6 is 0 Å². The number of non-ortho nitro benzene ring substituents is 1. The van der Waals surface area contributed by atoms with Crippen molar-refractivity contribution in [3.05, 3.63) is 34.1 Å². The van der Waals surface area contributed by atoms with E-state index in [1.54, 1.807) is 0 Å². The minimum Gasteiger partial charge on any atom is -0.394 e. The molecule has 0 aromatic heterocycles. The average molecular weight is 320 g/mol. The van der Waals surface area contributed by atoms with Gasteiger partial charge < -0.3 is 9.84 Å². The van der Waals surface area contributed by atoms with Gasteiger partial charge in [-0.05, 0) is 6.07 Å². The van der Waals surface area contributed by atoms with E-state index in [1.165, 1.54) is 0 Å². The van der Waals surface area contributed by atoms with Crippen LogP contribution in [0.15, 0.2) is 23.1 Å². The summed E-state index contributed by atoms with van der Waals surface area (Å²) >= 11 is 0. The van der Waals surface area contributed by atoms with E-state index in [4.69, 9.17) is 9.84 Å². The molecule has 0 radical (unpaired) electrons. The van der Waals surface area contributed by atoms with Gasteiger partial charge in [-0.2, -0.15) is 4.31 Å². The molecule has 1 atom stereocenters. The summed E-state index contributed by atoms with van der Waals surface area (Å²) in [5.74, 6) is -1.06. The Labute approximate surface area is 119 Å². The fourth-order valence-electron chi connectivity index (χ4n) is 1.96. The molecule has 0 amide bonds. The van der Waals surface area contributed by atoms with E-state index in [2.05, 4.69) is 0 Å². The van der Waals surface area contributed by atoms with Crippen molar-refractivity contribution in [3.63, 3.8) is 0 Å². The second kappa shape index (κ2) is 6.02. The number of aliphatic hydroxyl groups excluding tert-OH is 1. The normalized spacial score (nSPS) is 20.4. The summed E-state index contributed by atoms with van der Waals surface area (Å²) in [5, 5.41) is 19.7. The Morgan fingerprint density at radius 2 is 2.24 bits per heavy atom. The van der Waals surface area contributed by atoms with Gasteiger partial charge in [0.2, 0.25) is 10.0 Å². The van der Waals surface area contributed by atoms with Crippen LogP contribution in [0.5, 0.6) is 0 Å². The van der Waals surface area contributed by atoms with Gasteiger partial charge in [-0.15, -0.1) is 0 Å². The van der Waals surface area contributed by atoms with Crippen LogP contribution < -0.4 is 0 Å². The van der Waals surface area contributed by atoms with Crippen molar-refractivity contribution in [1.29, 1.82) is 0 Å². The van der Waals surface area contributed by atoms with Crippen molar-refractivity contribution in [1.82, 2.24) is 4.31 Å². The van der Waals surface area contributed by atoms with Crippen molar-refractivity contribution in [2.75, 3.05) is 26.3 Å². The molecule has 1 aromatic rings. The van der Waals surface area contributed by atoms with Crippen molar-refractivity contribution >= 4 is 15.7 Å². The van der Waals surface area contributed by atoms with Crippen molar-refractivity contribution < 1.29 is 27.6 Å². The summed E-state index contributed by atoms with van der Waals surface area (Å²) in [6.45, 7) is -0.466. The predicted octanol–water partition coefficient (Wildman–Crippen LogP) is 0.116. The molecular weight excluding hydrogens is 307 g/mol. The fraction of sp³-hybridized carbons (Fsp3) is 0.455. The quantitative estimate of drug-likeness (QED) is 0.623. The molecule has 1 saturated heterocycles. The SMILES string of the molecule is O=[N+]([O-])c1ccc(F)c(S(=O)(=O)N2CCOC(CO)C2)c1. The van der Waals surface area contributed by atoms with Crippen LogP contribution in [0.3, 0.4) is 0 Å². The van der Waals surface area contributed by atoms with Crippen LogP contribution in [0.4, 0.5) is 10.1 Å². The van der Waals surface area contributed by atoms with Crippen LogP contribution in [0.1, 0.15) is 0 Å². The summed E-state index contributed by atoms with van der Waals surface area (Å²) in [5.41, 5.74) is -0.512. The van der Waals surface area contributed by atoms with Gasteiger partial charge in [0.15, 0.2) is 0 Å². The Kier molecular flexibility index (Phi) is 4.52. The van der Waals surface area contributed by atoms with Crippen LogP contribution in [-0.2, 0) is 14.8 Å². The first-order valence-corrected chi connectivity index (χ1v) is 7.47. The van der Waals surface area contributed by atoms with Crippen LogP contribution in [-0.4, -0.2) is 55.2 Å². The number of ether oxygens (including phenoxy) is 1. The van der Waals surface area contributed by atoms with Crippen LogP contribution in [0, 0.1) is 15.9 Å². The molecule has 1 heterocycles. The number of aliphatic hydroxyl groups is 1. The maximum atomic E-state index is 13.8. The minimum absolute atomic E-state index is 0.0129.